The average Bonchev–Trinajstić information content (AvgIpc) is 1.99. The molecule has 1 rings (SSSR count). The fourth-order valence-corrected chi connectivity index (χ4v) is 1.28. The molecule has 0 saturated carbocycles. The van der Waals surface area contributed by atoms with E-state index in [-0.39, 0.29) is 0 Å². The molecule has 0 bridgehead atoms. The molecule has 1 aliphatic carbocycles. The van der Waals surface area contributed by atoms with Gasteiger partial charge in [-0.2, -0.15) is 0 Å². The fraction of sp³-hybridized carbons (Fsp3) is 0.444. The minimum Gasteiger partial charge on any atom is -0.298 e. The minimum atomic E-state index is -0.706. The van der Waals surface area contributed by atoms with Gasteiger partial charge in [-0.3, -0.25) is 14.4 Å². The molecule has 0 aromatic heterocycles. The van der Waals surface area contributed by atoms with Gasteiger partial charge in [-0.05, 0) is 18.1 Å². The van der Waals surface area contributed by atoms with E-state index in [1.165, 1.54) is 0 Å². The highest BCUT2D eigenvalue weighted by atomic mass is 16.2. The van der Waals surface area contributed by atoms with Gasteiger partial charge in [0.15, 0.2) is 0 Å². The van der Waals surface area contributed by atoms with Crippen LogP contribution in [0.1, 0.15) is 20.3 Å². The highest BCUT2D eigenvalue weighted by Gasteiger charge is 2.36. The van der Waals surface area contributed by atoms with Gasteiger partial charge in [0.1, 0.15) is 6.29 Å². The van der Waals surface area contributed by atoms with Crippen LogP contribution in [0.4, 0.5) is 0 Å². The largest absolute Gasteiger partial charge is 0.298 e. The Hall–Kier alpha value is -1.25. The van der Waals surface area contributed by atoms with Crippen LogP contribution in [0.15, 0.2) is 11.6 Å². The van der Waals surface area contributed by atoms with Gasteiger partial charge in [0.25, 0.3) is 0 Å². The molecule has 0 amide bonds. The van der Waals surface area contributed by atoms with Crippen molar-refractivity contribution >= 4 is 17.9 Å². The molecule has 0 saturated heterocycles. The van der Waals surface area contributed by atoms with Gasteiger partial charge >= 0.3 is 0 Å². The van der Waals surface area contributed by atoms with Crippen molar-refractivity contribution in [1.82, 2.24) is 0 Å². The van der Waals surface area contributed by atoms with E-state index >= 15 is 0 Å². The zero-order valence-corrected chi connectivity index (χ0v) is 7.09. The molecule has 3 heteroatoms. The summed E-state index contributed by atoms with van der Waals surface area (Å²) in [5, 5.41) is 0. The van der Waals surface area contributed by atoms with Crippen molar-refractivity contribution in [3.05, 3.63) is 11.6 Å². The molecule has 1 aliphatic rings. The number of allylic oxidation sites excluding steroid dienone is 2. The van der Waals surface area contributed by atoms with Crippen molar-refractivity contribution in [2.45, 2.75) is 20.3 Å². The zero-order chi connectivity index (χ0) is 9.35. The molecular weight excluding hydrogens is 156 g/mol. The maximum atomic E-state index is 11.2. The Morgan fingerprint density at radius 2 is 2.00 bits per heavy atom. The molecule has 3 nitrogen and oxygen atoms in total. The number of carbonyl (C=O) groups excluding carboxylic acids is 3. The second-order valence-corrected chi connectivity index (χ2v) is 3.59. The van der Waals surface area contributed by atoms with Crippen LogP contribution in [-0.2, 0) is 14.4 Å². The summed E-state index contributed by atoms with van der Waals surface area (Å²) in [6.07, 6.45) is 2.12. The average molecular weight is 166 g/mol. The van der Waals surface area contributed by atoms with Gasteiger partial charge in [0.05, 0.1) is 0 Å². The standard InChI is InChI=1S/C9H10O3/c1-9(2)4-6(5-10)3-7(11)8(9)12/h3,5H,4H2,1-2H3. The van der Waals surface area contributed by atoms with E-state index in [4.69, 9.17) is 0 Å². The van der Waals surface area contributed by atoms with Gasteiger partial charge in [0.2, 0.25) is 11.6 Å². The van der Waals surface area contributed by atoms with Crippen LogP contribution >= 0.6 is 0 Å². The van der Waals surface area contributed by atoms with E-state index < -0.39 is 17.0 Å². The summed E-state index contributed by atoms with van der Waals surface area (Å²) in [5.74, 6) is -0.971. The topological polar surface area (TPSA) is 51.2 Å². The van der Waals surface area contributed by atoms with Gasteiger partial charge in [-0.1, -0.05) is 13.8 Å². The second-order valence-electron chi connectivity index (χ2n) is 3.59. The van der Waals surface area contributed by atoms with Gasteiger partial charge in [0, 0.05) is 5.41 Å². The van der Waals surface area contributed by atoms with Crippen molar-refractivity contribution in [3.8, 4) is 0 Å². The SMILES string of the molecule is CC1(C)CC(C=O)=CC(=O)C1=O. The predicted molar refractivity (Wildman–Crippen MR) is 42.6 cm³/mol. The number of hydrogen-bond donors (Lipinski definition) is 0. The van der Waals surface area contributed by atoms with E-state index in [0.29, 0.717) is 18.3 Å². The molecule has 0 atom stereocenters. The molecular formula is C9H10O3. The van der Waals surface area contributed by atoms with E-state index in [1.54, 1.807) is 13.8 Å². The summed E-state index contributed by atoms with van der Waals surface area (Å²) < 4.78 is 0. The van der Waals surface area contributed by atoms with Crippen LogP contribution < -0.4 is 0 Å². The summed E-state index contributed by atoms with van der Waals surface area (Å²) in [6.45, 7) is 3.34. The van der Waals surface area contributed by atoms with Crippen LogP contribution in [0.2, 0.25) is 0 Å². The summed E-state index contributed by atoms with van der Waals surface area (Å²) in [6, 6.07) is 0. The Morgan fingerprint density at radius 3 is 2.42 bits per heavy atom. The first-order chi connectivity index (χ1) is 5.47. The van der Waals surface area contributed by atoms with E-state index in [9.17, 15) is 14.4 Å². The third-order valence-corrected chi connectivity index (χ3v) is 1.95. The molecule has 0 unspecified atom stereocenters. The quantitative estimate of drug-likeness (QED) is 0.425. The smallest absolute Gasteiger partial charge is 0.222 e. The van der Waals surface area contributed by atoms with Crippen molar-refractivity contribution < 1.29 is 14.4 Å². The third kappa shape index (κ3) is 1.35. The van der Waals surface area contributed by atoms with Crippen LogP contribution in [-0.4, -0.2) is 17.9 Å². The number of ketones is 2. The second kappa shape index (κ2) is 2.66. The third-order valence-electron chi connectivity index (χ3n) is 1.95. The summed E-state index contributed by atoms with van der Waals surface area (Å²) >= 11 is 0. The Kier molecular flexibility index (Phi) is 1.96. The first kappa shape index (κ1) is 8.84. The highest BCUT2D eigenvalue weighted by molar-refractivity contribution is 6.44. The van der Waals surface area contributed by atoms with Crippen molar-refractivity contribution in [1.29, 1.82) is 0 Å². The molecule has 12 heavy (non-hydrogen) atoms. The van der Waals surface area contributed by atoms with Crippen molar-refractivity contribution in [3.63, 3.8) is 0 Å². The first-order valence-electron chi connectivity index (χ1n) is 3.72. The lowest BCUT2D eigenvalue weighted by Crippen LogP contribution is -2.34. The zero-order valence-electron chi connectivity index (χ0n) is 7.09. The van der Waals surface area contributed by atoms with Crippen molar-refractivity contribution in [2.75, 3.05) is 0 Å². The monoisotopic (exact) mass is 166 g/mol. The minimum absolute atomic E-state index is 0.362. The molecule has 0 aliphatic heterocycles. The number of carbonyl (C=O) groups is 3. The summed E-state index contributed by atoms with van der Waals surface area (Å²) in [7, 11) is 0. The molecule has 0 fully saturated rings. The molecule has 0 heterocycles. The van der Waals surface area contributed by atoms with E-state index in [1.807, 2.05) is 0 Å². The lowest BCUT2D eigenvalue weighted by atomic mass is 9.76. The van der Waals surface area contributed by atoms with Crippen LogP contribution in [0.3, 0.4) is 0 Å². The number of hydrogen-bond acceptors (Lipinski definition) is 3. The fourth-order valence-electron chi connectivity index (χ4n) is 1.28. The van der Waals surface area contributed by atoms with Gasteiger partial charge in [-0.25, -0.2) is 0 Å². The highest BCUT2D eigenvalue weighted by Crippen LogP contribution is 2.29. The Balaban J connectivity index is 3.07. The van der Waals surface area contributed by atoms with Crippen LogP contribution in [0.5, 0.6) is 0 Å². The molecule has 0 N–H and O–H groups in total. The summed E-state index contributed by atoms with van der Waals surface area (Å²) in [5.41, 5.74) is -0.299. The maximum absolute atomic E-state index is 11.2. The van der Waals surface area contributed by atoms with E-state index in [0.717, 1.165) is 6.08 Å². The van der Waals surface area contributed by atoms with Gasteiger partial charge in [-0.15, -0.1) is 0 Å². The number of Topliss-reactive ketones (excluding diaryl/α,β-unsaturated/α-hetero) is 1. The van der Waals surface area contributed by atoms with E-state index in [2.05, 4.69) is 0 Å². The lowest BCUT2D eigenvalue weighted by molar-refractivity contribution is -0.140. The lowest BCUT2D eigenvalue weighted by Gasteiger charge is -2.24. The summed E-state index contributed by atoms with van der Waals surface area (Å²) in [4.78, 5) is 32.6. The van der Waals surface area contributed by atoms with Crippen molar-refractivity contribution in [2.24, 2.45) is 5.41 Å². The van der Waals surface area contributed by atoms with Crippen LogP contribution in [0, 0.1) is 5.41 Å². The normalized spacial score (nSPS) is 22.0. The molecule has 0 aromatic carbocycles. The van der Waals surface area contributed by atoms with Crippen LogP contribution in [0.25, 0.3) is 0 Å². The Morgan fingerprint density at radius 1 is 1.42 bits per heavy atom. The molecule has 0 aromatic rings. The maximum Gasteiger partial charge on any atom is 0.222 e. The predicted octanol–water partition coefficient (Wildman–Crippen LogP) is 0.680. The Bertz CT molecular complexity index is 284. The molecule has 64 valence electrons. The Labute approximate surface area is 70.4 Å². The van der Waals surface area contributed by atoms with Gasteiger partial charge < -0.3 is 0 Å². The number of rotatable bonds is 1. The molecule has 0 radical (unpaired) electrons. The number of aldehydes is 1. The molecule has 0 spiro atoms. The first-order valence-corrected chi connectivity index (χ1v) is 3.72.